The summed E-state index contributed by atoms with van der Waals surface area (Å²) < 4.78 is 0. The van der Waals surface area contributed by atoms with Crippen molar-refractivity contribution >= 4 is 5.91 Å². The lowest BCUT2D eigenvalue weighted by Gasteiger charge is -2.39. The van der Waals surface area contributed by atoms with Gasteiger partial charge >= 0.3 is 0 Å². The molecule has 2 rings (SSSR count). The Kier molecular flexibility index (Phi) is 3.59. The summed E-state index contributed by atoms with van der Waals surface area (Å²) in [6.07, 6.45) is 4.27. The summed E-state index contributed by atoms with van der Waals surface area (Å²) >= 11 is 0. The molecule has 2 fully saturated rings. The van der Waals surface area contributed by atoms with Gasteiger partial charge in [-0.15, -0.1) is 0 Å². The second-order valence-corrected chi connectivity index (χ2v) is 4.42. The third-order valence-corrected chi connectivity index (χ3v) is 3.33. The lowest BCUT2D eigenvalue weighted by atomic mass is 10.2. The van der Waals surface area contributed by atoms with E-state index in [1.165, 1.54) is 12.8 Å². The molecule has 2 saturated heterocycles. The number of nitrogens with zero attached hydrogens (tertiary/aromatic N) is 2. The average molecular weight is 211 g/mol. The molecule has 0 spiro atoms. The molecule has 86 valence electrons. The van der Waals surface area contributed by atoms with E-state index in [1.54, 1.807) is 0 Å². The predicted octanol–water partition coefficient (Wildman–Crippen LogP) is 0.598. The third-order valence-electron chi connectivity index (χ3n) is 3.33. The molecular formula is C11H21N3O. The molecular weight excluding hydrogens is 190 g/mol. The lowest BCUT2D eigenvalue weighted by Crippen LogP contribution is -2.53. The van der Waals surface area contributed by atoms with E-state index in [2.05, 4.69) is 17.2 Å². The van der Waals surface area contributed by atoms with Crippen LogP contribution >= 0.6 is 0 Å². The summed E-state index contributed by atoms with van der Waals surface area (Å²) in [7, 11) is 0. The summed E-state index contributed by atoms with van der Waals surface area (Å²) in [6.45, 7) is 6.04. The van der Waals surface area contributed by atoms with Crippen LogP contribution in [0.4, 0.5) is 0 Å². The Labute approximate surface area is 91.6 Å². The molecule has 1 atom stereocenters. The van der Waals surface area contributed by atoms with Crippen LogP contribution in [0, 0.1) is 0 Å². The first kappa shape index (κ1) is 10.9. The van der Waals surface area contributed by atoms with Crippen LogP contribution in [0.2, 0.25) is 0 Å². The van der Waals surface area contributed by atoms with Gasteiger partial charge in [0.2, 0.25) is 5.91 Å². The number of carbonyl (C=O) groups is 1. The maximum absolute atomic E-state index is 11.7. The fraction of sp³-hybridized carbons (Fsp3) is 0.909. The van der Waals surface area contributed by atoms with Crippen LogP contribution in [0.25, 0.3) is 0 Å². The number of hydrogen-bond acceptors (Lipinski definition) is 3. The number of amides is 1. The SMILES string of the molecule is CCN1C(=O)CCCN1CC1CCCN1. The van der Waals surface area contributed by atoms with E-state index in [0.29, 0.717) is 11.9 Å². The van der Waals surface area contributed by atoms with Gasteiger partial charge in [-0.2, -0.15) is 0 Å². The molecule has 4 nitrogen and oxygen atoms in total. The number of hydrogen-bond donors (Lipinski definition) is 1. The minimum Gasteiger partial charge on any atom is -0.313 e. The molecule has 0 aromatic carbocycles. The Bertz CT molecular complexity index is 226. The van der Waals surface area contributed by atoms with E-state index < -0.39 is 0 Å². The van der Waals surface area contributed by atoms with E-state index in [0.717, 1.165) is 39.0 Å². The zero-order valence-electron chi connectivity index (χ0n) is 9.54. The lowest BCUT2D eigenvalue weighted by molar-refractivity contribution is -0.155. The summed E-state index contributed by atoms with van der Waals surface area (Å²) in [4.78, 5) is 11.7. The van der Waals surface area contributed by atoms with Crippen LogP contribution in [-0.4, -0.2) is 48.1 Å². The van der Waals surface area contributed by atoms with Crippen molar-refractivity contribution in [1.82, 2.24) is 15.3 Å². The monoisotopic (exact) mass is 211 g/mol. The molecule has 1 N–H and O–H groups in total. The summed E-state index contributed by atoms with van der Waals surface area (Å²) in [5.74, 6) is 0.293. The molecule has 2 heterocycles. The van der Waals surface area contributed by atoms with Crippen molar-refractivity contribution in [2.24, 2.45) is 0 Å². The van der Waals surface area contributed by atoms with Gasteiger partial charge in [-0.05, 0) is 32.7 Å². The van der Waals surface area contributed by atoms with E-state index in [9.17, 15) is 4.79 Å². The molecule has 0 saturated carbocycles. The van der Waals surface area contributed by atoms with Crippen molar-refractivity contribution in [2.45, 2.75) is 38.6 Å². The predicted molar refractivity (Wildman–Crippen MR) is 59.2 cm³/mol. The topological polar surface area (TPSA) is 35.6 Å². The van der Waals surface area contributed by atoms with Gasteiger partial charge in [0.25, 0.3) is 0 Å². The van der Waals surface area contributed by atoms with Crippen LogP contribution in [0.5, 0.6) is 0 Å². The van der Waals surface area contributed by atoms with Crippen molar-refractivity contribution < 1.29 is 4.79 Å². The van der Waals surface area contributed by atoms with Crippen LogP contribution in [0.1, 0.15) is 32.6 Å². The quantitative estimate of drug-likeness (QED) is 0.742. The van der Waals surface area contributed by atoms with Crippen LogP contribution in [-0.2, 0) is 4.79 Å². The molecule has 1 amide bonds. The molecule has 15 heavy (non-hydrogen) atoms. The van der Waals surface area contributed by atoms with Gasteiger partial charge < -0.3 is 5.32 Å². The Morgan fingerprint density at radius 1 is 1.47 bits per heavy atom. The summed E-state index contributed by atoms with van der Waals surface area (Å²) in [5, 5.41) is 7.63. The highest BCUT2D eigenvalue weighted by Gasteiger charge is 2.27. The summed E-state index contributed by atoms with van der Waals surface area (Å²) in [5.41, 5.74) is 0. The van der Waals surface area contributed by atoms with Crippen molar-refractivity contribution in [2.75, 3.05) is 26.2 Å². The standard InChI is InChI=1S/C11H21N3O/c1-2-14-11(15)6-4-8-13(14)9-10-5-3-7-12-10/h10,12H,2-9H2,1H3. The highest BCUT2D eigenvalue weighted by molar-refractivity contribution is 5.76. The Balaban J connectivity index is 1.90. The maximum atomic E-state index is 11.7. The van der Waals surface area contributed by atoms with Crippen LogP contribution in [0.3, 0.4) is 0 Å². The largest absolute Gasteiger partial charge is 0.313 e. The van der Waals surface area contributed by atoms with E-state index >= 15 is 0 Å². The summed E-state index contributed by atoms with van der Waals surface area (Å²) in [6, 6.07) is 0.588. The third kappa shape index (κ3) is 2.49. The molecule has 0 radical (unpaired) electrons. The average Bonchev–Trinajstić information content (AvgIpc) is 2.71. The van der Waals surface area contributed by atoms with Crippen LogP contribution in [0.15, 0.2) is 0 Å². The van der Waals surface area contributed by atoms with Gasteiger partial charge in [0.1, 0.15) is 0 Å². The highest BCUT2D eigenvalue weighted by Crippen LogP contribution is 2.15. The fourth-order valence-corrected chi connectivity index (χ4v) is 2.55. The molecule has 0 aliphatic carbocycles. The van der Waals surface area contributed by atoms with Gasteiger partial charge in [-0.1, -0.05) is 0 Å². The fourth-order valence-electron chi connectivity index (χ4n) is 2.55. The van der Waals surface area contributed by atoms with Gasteiger partial charge in [-0.3, -0.25) is 9.80 Å². The van der Waals surface area contributed by atoms with E-state index in [1.807, 2.05) is 5.01 Å². The first-order valence-corrected chi connectivity index (χ1v) is 6.10. The van der Waals surface area contributed by atoms with Gasteiger partial charge in [0.15, 0.2) is 0 Å². The molecule has 2 aliphatic rings. The number of nitrogens with one attached hydrogen (secondary N) is 1. The zero-order chi connectivity index (χ0) is 10.7. The minimum absolute atomic E-state index is 0.293. The van der Waals surface area contributed by atoms with Gasteiger partial charge in [0, 0.05) is 32.1 Å². The highest BCUT2D eigenvalue weighted by atomic mass is 16.2. The second kappa shape index (κ2) is 4.94. The molecule has 0 aromatic heterocycles. The van der Waals surface area contributed by atoms with E-state index in [-0.39, 0.29) is 0 Å². The second-order valence-electron chi connectivity index (χ2n) is 4.42. The number of hydrazine groups is 1. The van der Waals surface area contributed by atoms with Crippen molar-refractivity contribution in [1.29, 1.82) is 0 Å². The normalized spacial score (nSPS) is 28.7. The first-order chi connectivity index (χ1) is 7.31. The molecule has 2 aliphatic heterocycles. The van der Waals surface area contributed by atoms with Gasteiger partial charge in [0.05, 0.1) is 0 Å². The zero-order valence-corrected chi connectivity index (χ0v) is 9.54. The number of rotatable bonds is 3. The van der Waals surface area contributed by atoms with E-state index in [4.69, 9.17) is 0 Å². The molecule has 4 heteroatoms. The molecule has 0 bridgehead atoms. The Morgan fingerprint density at radius 2 is 2.33 bits per heavy atom. The Morgan fingerprint density at radius 3 is 3.00 bits per heavy atom. The van der Waals surface area contributed by atoms with Crippen molar-refractivity contribution in [3.05, 3.63) is 0 Å². The first-order valence-electron chi connectivity index (χ1n) is 6.10. The Hall–Kier alpha value is -0.610. The minimum atomic E-state index is 0.293. The smallest absolute Gasteiger partial charge is 0.236 e. The molecule has 0 aromatic rings. The van der Waals surface area contributed by atoms with Crippen molar-refractivity contribution in [3.8, 4) is 0 Å². The molecule has 1 unspecified atom stereocenters. The van der Waals surface area contributed by atoms with Crippen LogP contribution < -0.4 is 5.32 Å². The number of carbonyl (C=O) groups excluding carboxylic acids is 1. The maximum Gasteiger partial charge on any atom is 0.236 e. The van der Waals surface area contributed by atoms with Crippen molar-refractivity contribution in [3.63, 3.8) is 0 Å². The van der Waals surface area contributed by atoms with Gasteiger partial charge in [-0.25, -0.2) is 5.01 Å².